The van der Waals surface area contributed by atoms with E-state index in [1.54, 1.807) is 11.9 Å². The molecule has 0 unspecified atom stereocenters. The first kappa shape index (κ1) is 23.7. The Kier molecular flexibility index (Phi) is 9.24. The van der Waals surface area contributed by atoms with Crippen LogP contribution in [0.5, 0.6) is 0 Å². The van der Waals surface area contributed by atoms with Gasteiger partial charge >= 0.3 is 6.09 Å². The maximum Gasteiger partial charge on any atom is 0.410 e. The highest BCUT2D eigenvalue weighted by molar-refractivity contribution is 14.0. The van der Waals surface area contributed by atoms with Crippen LogP contribution in [0.2, 0.25) is 0 Å². The number of halogens is 1. The first-order chi connectivity index (χ1) is 12.7. The number of amides is 1. The quantitative estimate of drug-likeness (QED) is 0.360. The van der Waals surface area contributed by atoms with Gasteiger partial charge in [0.1, 0.15) is 5.60 Å². The van der Waals surface area contributed by atoms with E-state index in [1.165, 1.54) is 0 Å². The Balaban J connectivity index is 0.00000392. The third kappa shape index (κ3) is 8.60. The number of para-hydroxylation sites is 1. The van der Waals surface area contributed by atoms with Gasteiger partial charge < -0.3 is 20.7 Å². The summed E-state index contributed by atoms with van der Waals surface area (Å²) in [6, 6.07) is 17.6. The number of anilines is 1. The van der Waals surface area contributed by atoms with Crippen LogP contribution in [0.25, 0.3) is 0 Å². The van der Waals surface area contributed by atoms with Gasteiger partial charge in [0.05, 0.1) is 6.54 Å². The number of ether oxygens (including phenoxy) is 1. The number of nitrogens with two attached hydrogens (primary N) is 1. The number of aliphatic imine (C=N–C) groups is 1. The summed E-state index contributed by atoms with van der Waals surface area (Å²) >= 11 is 0. The van der Waals surface area contributed by atoms with Gasteiger partial charge in [-0.15, -0.1) is 24.0 Å². The van der Waals surface area contributed by atoms with E-state index >= 15 is 0 Å². The van der Waals surface area contributed by atoms with Crippen LogP contribution in [0.4, 0.5) is 10.5 Å². The molecule has 0 radical (unpaired) electrons. The largest absolute Gasteiger partial charge is 0.444 e. The molecule has 2 rings (SSSR count). The van der Waals surface area contributed by atoms with Crippen LogP contribution in [-0.4, -0.2) is 29.6 Å². The molecule has 0 spiro atoms. The molecular weight excluding hydrogens is 467 g/mol. The van der Waals surface area contributed by atoms with Gasteiger partial charge in [0.15, 0.2) is 5.96 Å². The second-order valence-electron chi connectivity index (χ2n) is 7.35. The predicted molar refractivity (Wildman–Crippen MR) is 125 cm³/mol. The summed E-state index contributed by atoms with van der Waals surface area (Å²) in [5, 5.41) is 3.05. The summed E-state index contributed by atoms with van der Waals surface area (Å²) in [7, 11) is 1.72. The minimum absolute atomic E-state index is 0. The van der Waals surface area contributed by atoms with E-state index in [-0.39, 0.29) is 30.1 Å². The molecule has 152 valence electrons. The molecule has 0 aliphatic carbocycles. The summed E-state index contributed by atoms with van der Waals surface area (Å²) < 4.78 is 5.36. The minimum atomic E-state index is -0.499. The Hall–Kier alpha value is -2.29. The minimum Gasteiger partial charge on any atom is -0.444 e. The molecule has 28 heavy (non-hydrogen) atoms. The Morgan fingerprint density at radius 1 is 1.07 bits per heavy atom. The molecule has 0 atom stereocenters. The number of rotatable bonds is 5. The molecule has 0 saturated heterocycles. The molecular formula is C21H29IN4O2. The SMILES string of the molecule is CN(Cc1ccc(CN=C(N)Nc2ccccc2)cc1)C(=O)OC(C)(C)C.I. The van der Waals surface area contributed by atoms with Crippen LogP contribution < -0.4 is 11.1 Å². The van der Waals surface area contributed by atoms with Gasteiger partial charge in [-0.2, -0.15) is 0 Å². The van der Waals surface area contributed by atoms with Crippen LogP contribution in [-0.2, 0) is 17.8 Å². The van der Waals surface area contributed by atoms with Gasteiger partial charge in [0.25, 0.3) is 0 Å². The van der Waals surface area contributed by atoms with Crippen molar-refractivity contribution in [3.05, 3.63) is 65.7 Å². The fraction of sp³-hybridized carbons (Fsp3) is 0.333. The molecule has 0 bridgehead atoms. The maximum atomic E-state index is 12.0. The third-order valence-electron chi connectivity index (χ3n) is 3.63. The number of nitrogens with one attached hydrogen (secondary N) is 1. The zero-order chi connectivity index (χ0) is 19.9. The van der Waals surface area contributed by atoms with Crippen molar-refractivity contribution >= 4 is 41.7 Å². The summed E-state index contributed by atoms with van der Waals surface area (Å²) in [6.45, 7) is 6.52. The molecule has 0 fully saturated rings. The highest BCUT2D eigenvalue weighted by Gasteiger charge is 2.19. The number of nitrogens with zero attached hydrogens (tertiary/aromatic N) is 2. The second-order valence-corrected chi connectivity index (χ2v) is 7.35. The summed E-state index contributed by atoms with van der Waals surface area (Å²) in [4.78, 5) is 17.9. The number of carbonyl (C=O) groups is 1. The normalized spacial score (nSPS) is 11.4. The number of guanidine groups is 1. The molecule has 0 saturated carbocycles. The van der Waals surface area contributed by atoms with Gasteiger partial charge in [-0.1, -0.05) is 42.5 Å². The van der Waals surface area contributed by atoms with Gasteiger partial charge in [-0.05, 0) is 44.0 Å². The average molecular weight is 496 g/mol. The first-order valence-corrected chi connectivity index (χ1v) is 8.87. The topological polar surface area (TPSA) is 80.0 Å². The molecule has 0 aliphatic heterocycles. The zero-order valence-corrected chi connectivity index (χ0v) is 19.1. The van der Waals surface area contributed by atoms with Crippen molar-refractivity contribution in [1.82, 2.24) is 4.90 Å². The van der Waals surface area contributed by atoms with Gasteiger partial charge in [0, 0.05) is 19.3 Å². The van der Waals surface area contributed by atoms with E-state index in [9.17, 15) is 4.79 Å². The summed E-state index contributed by atoms with van der Waals surface area (Å²) in [6.07, 6.45) is -0.337. The summed E-state index contributed by atoms with van der Waals surface area (Å²) in [5.74, 6) is 0.370. The van der Waals surface area contributed by atoms with Crippen molar-refractivity contribution in [3.63, 3.8) is 0 Å². The molecule has 2 aromatic rings. The predicted octanol–water partition coefficient (Wildman–Crippen LogP) is 4.60. The molecule has 0 heterocycles. The molecule has 0 aromatic heterocycles. The number of benzene rings is 2. The van der Waals surface area contributed by atoms with E-state index in [4.69, 9.17) is 10.5 Å². The van der Waals surface area contributed by atoms with Crippen molar-refractivity contribution in [2.24, 2.45) is 10.7 Å². The standard InChI is InChI=1S/C21H28N4O2.HI/c1-21(2,3)27-20(26)25(4)15-17-12-10-16(11-13-17)14-23-19(22)24-18-8-6-5-7-9-18;/h5-13H,14-15H2,1-4H3,(H3,22,23,24);1H. The van der Waals surface area contributed by atoms with E-state index in [1.807, 2.05) is 75.4 Å². The van der Waals surface area contributed by atoms with E-state index in [0.717, 1.165) is 16.8 Å². The molecule has 0 aliphatic rings. The first-order valence-electron chi connectivity index (χ1n) is 8.87. The third-order valence-corrected chi connectivity index (χ3v) is 3.63. The highest BCUT2D eigenvalue weighted by atomic mass is 127. The van der Waals surface area contributed by atoms with Crippen molar-refractivity contribution in [1.29, 1.82) is 0 Å². The monoisotopic (exact) mass is 496 g/mol. The lowest BCUT2D eigenvalue weighted by Crippen LogP contribution is -2.33. The molecule has 7 heteroatoms. The molecule has 2 aromatic carbocycles. The van der Waals surface area contributed by atoms with Gasteiger partial charge in [0.2, 0.25) is 0 Å². The van der Waals surface area contributed by atoms with Crippen LogP contribution in [0.15, 0.2) is 59.6 Å². The highest BCUT2D eigenvalue weighted by Crippen LogP contribution is 2.12. The molecule has 3 N–H and O–H groups in total. The second kappa shape index (κ2) is 10.9. The van der Waals surface area contributed by atoms with Crippen molar-refractivity contribution in [2.45, 2.75) is 39.5 Å². The van der Waals surface area contributed by atoms with Crippen molar-refractivity contribution in [2.75, 3.05) is 12.4 Å². The fourth-order valence-corrected chi connectivity index (χ4v) is 2.31. The van der Waals surface area contributed by atoms with E-state index < -0.39 is 5.60 Å². The lowest BCUT2D eigenvalue weighted by Gasteiger charge is -2.24. The Morgan fingerprint density at radius 3 is 2.21 bits per heavy atom. The van der Waals surface area contributed by atoms with Crippen LogP contribution in [0.3, 0.4) is 0 Å². The number of hydrogen-bond acceptors (Lipinski definition) is 3. The smallest absolute Gasteiger partial charge is 0.410 e. The van der Waals surface area contributed by atoms with Crippen LogP contribution in [0, 0.1) is 0 Å². The van der Waals surface area contributed by atoms with Gasteiger partial charge in [-0.3, -0.25) is 0 Å². The fourth-order valence-electron chi connectivity index (χ4n) is 2.31. The Labute approximate surface area is 184 Å². The maximum absolute atomic E-state index is 12.0. The number of carbonyl (C=O) groups excluding carboxylic acids is 1. The molecule has 6 nitrogen and oxygen atoms in total. The van der Waals surface area contributed by atoms with E-state index in [0.29, 0.717) is 19.0 Å². The van der Waals surface area contributed by atoms with Crippen LogP contribution >= 0.6 is 24.0 Å². The summed E-state index contributed by atoms with van der Waals surface area (Å²) in [5.41, 5.74) is 8.38. The average Bonchev–Trinajstić information content (AvgIpc) is 2.60. The zero-order valence-electron chi connectivity index (χ0n) is 16.8. The van der Waals surface area contributed by atoms with Crippen molar-refractivity contribution < 1.29 is 9.53 Å². The van der Waals surface area contributed by atoms with Crippen molar-refractivity contribution in [3.8, 4) is 0 Å². The Bertz CT molecular complexity index is 771. The lowest BCUT2D eigenvalue weighted by molar-refractivity contribution is 0.0285. The molecule has 1 amide bonds. The number of hydrogen-bond donors (Lipinski definition) is 2. The lowest BCUT2D eigenvalue weighted by atomic mass is 10.1. The Morgan fingerprint density at radius 2 is 1.64 bits per heavy atom. The van der Waals surface area contributed by atoms with Crippen LogP contribution in [0.1, 0.15) is 31.9 Å². The van der Waals surface area contributed by atoms with Gasteiger partial charge in [-0.25, -0.2) is 9.79 Å². The van der Waals surface area contributed by atoms with E-state index in [2.05, 4.69) is 10.3 Å².